The molecule has 0 amide bonds. The van der Waals surface area contributed by atoms with E-state index in [1.165, 1.54) is 11.8 Å². The zero-order valence-corrected chi connectivity index (χ0v) is 12.6. The molecule has 21 heavy (non-hydrogen) atoms. The highest BCUT2D eigenvalue weighted by Crippen LogP contribution is 2.33. The predicted molar refractivity (Wildman–Crippen MR) is 82.9 cm³/mol. The standard InChI is InChI=1S/C15H10ClN3OS/c1-20-10-3-4-12-13(7-10)19-15(18-12)21-14-5-2-9(8-17)6-11(14)16/h2-7H,1H3,(H,18,19). The third-order valence-electron chi connectivity index (χ3n) is 2.93. The van der Waals surface area contributed by atoms with Gasteiger partial charge in [0.05, 0.1) is 34.8 Å². The molecule has 2 aromatic carbocycles. The second kappa shape index (κ2) is 5.68. The molecule has 1 heterocycles. The largest absolute Gasteiger partial charge is 0.497 e. The molecule has 0 aliphatic rings. The number of halogens is 1. The molecule has 0 saturated heterocycles. The van der Waals surface area contributed by atoms with Crippen LogP contribution in [0.2, 0.25) is 5.02 Å². The number of nitrogens with zero attached hydrogens (tertiary/aromatic N) is 2. The van der Waals surface area contributed by atoms with E-state index >= 15 is 0 Å². The van der Waals surface area contributed by atoms with E-state index in [0.717, 1.165) is 26.8 Å². The molecule has 0 fully saturated rings. The van der Waals surface area contributed by atoms with E-state index in [-0.39, 0.29) is 0 Å². The van der Waals surface area contributed by atoms with E-state index in [0.29, 0.717) is 10.6 Å². The third-order valence-corrected chi connectivity index (χ3v) is 4.32. The van der Waals surface area contributed by atoms with Crippen molar-refractivity contribution in [2.24, 2.45) is 0 Å². The molecular formula is C15H10ClN3OS. The highest BCUT2D eigenvalue weighted by Gasteiger charge is 2.09. The van der Waals surface area contributed by atoms with Gasteiger partial charge in [0.2, 0.25) is 0 Å². The van der Waals surface area contributed by atoms with Crippen LogP contribution in [0, 0.1) is 11.3 Å². The van der Waals surface area contributed by atoms with Gasteiger partial charge in [0.25, 0.3) is 0 Å². The Hall–Kier alpha value is -2.16. The molecule has 4 nitrogen and oxygen atoms in total. The average molecular weight is 316 g/mol. The second-order valence-electron chi connectivity index (χ2n) is 4.28. The first-order chi connectivity index (χ1) is 10.2. The Morgan fingerprint density at radius 1 is 1.29 bits per heavy atom. The fourth-order valence-corrected chi connectivity index (χ4v) is 3.00. The molecule has 0 atom stereocenters. The van der Waals surface area contributed by atoms with Crippen molar-refractivity contribution in [3.63, 3.8) is 0 Å². The molecule has 3 aromatic rings. The maximum atomic E-state index is 8.84. The Kier molecular flexibility index (Phi) is 3.74. The lowest BCUT2D eigenvalue weighted by atomic mass is 10.2. The lowest BCUT2D eigenvalue weighted by molar-refractivity contribution is 0.415. The quantitative estimate of drug-likeness (QED) is 0.785. The minimum Gasteiger partial charge on any atom is -0.497 e. The Labute approximate surface area is 130 Å². The lowest BCUT2D eigenvalue weighted by Gasteiger charge is -2.01. The van der Waals surface area contributed by atoms with Crippen molar-refractivity contribution in [1.29, 1.82) is 5.26 Å². The van der Waals surface area contributed by atoms with E-state index in [2.05, 4.69) is 16.0 Å². The molecule has 0 spiro atoms. The Balaban J connectivity index is 1.93. The summed E-state index contributed by atoms with van der Waals surface area (Å²) in [5.74, 6) is 0.777. The molecule has 6 heteroatoms. The van der Waals surface area contributed by atoms with Gasteiger partial charge in [-0.2, -0.15) is 5.26 Å². The zero-order chi connectivity index (χ0) is 14.8. The monoisotopic (exact) mass is 315 g/mol. The van der Waals surface area contributed by atoms with E-state index in [1.807, 2.05) is 24.3 Å². The van der Waals surface area contributed by atoms with Crippen molar-refractivity contribution in [2.45, 2.75) is 10.1 Å². The summed E-state index contributed by atoms with van der Waals surface area (Å²) in [6.07, 6.45) is 0. The number of benzene rings is 2. The highest BCUT2D eigenvalue weighted by atomic mass is 35.5. The molecule has 0 saturated carbocycles. The van der Waals surface area contributed by atoms with Crippen LogP contribution in [0.15, 0.2) is 46.5 Å². The van der Waals surface area contributed by atoms with E-state index in [9.17, 15) is 0 Å². The van der Waals surface area contributed by atoms with Crippen LogP contribution in [-0.2, 0) is 0 Å². The van der Waals surface area contributed by atoms with Gasteiger partial charge in [-0.15, -0.1) is 0 Å². The number of aromatic nitrogens is 2. The second-order valence-corrected chi connectivity index (χ2v) is 5.72. The number of rotatable bonds is 3. The summed E-state index contributed by atoms with van der Waals surface area (Å²) >= 11 is 7.59. The maximum absolute atomic E-state index is 8.84. The number of hydrogen-bond donors (Lipinski definition) is 1. The highest BCUT2D eigenvalue weighted by molar-refractivity contribution is 7.99. The number of aromatic amines is 1. The summed E-state index contributed by atoms with van der Waals surface area (Å²) in [6, 6.07) is 12.9. The number of methoxy groups -OCH3 is 1. The fourth-order valence-electron chi connectivity index (χ4n) is 1.90. The van der Waals surface area contributed by atoms with Gasteiger partial charge in [-0.1, -0.05) is 23.4 Å². The van der Waals surface area contributed by atoms with Crippen LogP contribution in [0.3, 0.4) is 0 Å². The van der Waals surface area contributed by atoms with Crippen LogP contribution in [0.25, 0.3) is 11.0 Å². The first-order valence-electron chi connectivity index (χ1n) is 6.11. The van der Waals surface area contributed by atoms with E-state index in [4.69, 9.17) is 21.6 Å². The lowest BCUT2D eigenvalue weighted by Crippen LogP contribution is -1.81. The Morgan fingerprint density at radius 3 is 2.86 bits per heavy atom. The molecule has 0 aliphatic carbocycles. The topological polar surface area (TPSA) is 61.7 Å². The smallest absolute Gasteiger partial charge is 0.171 e. The summed E-state index contributed by atoms with van der Waals surface area (Å²) in [5, 5.41) is 10.1. The predicted octanol–water partition coefficient (Wildman–Crippen LogP) is 4.25. The summed E-state index contributed by atoms with van der Waals surface area (Å²) in [6.45, 7) is 0. The van der Waals surface area contributed by atoms with Crippen molar-refractivity contribution >= 4 is 34.4 Å². The minimum atomic E-state index is 0.539. The molecule has 104 valence electrons. The van der Waals surface area contributed by atoms with Gasteiger partial charge >= 0.3 is 0 Å². The number of H-pyrrole nitrogens is 1. The van der Waals surface area contributed by atoms with Gasteiger partial charge in [0, 0.05) is 11.0 Å². The Morgan fingerprint density at radius 2 is 2.14 bits per heavy atom. The first kappa shape index (κ1) is 13.8. The van der Waals surface area contributed by atoms with Crippen LogP contribution < -0.4 is 4.74 Å². The summed E-state index contributed by atoms with van der Waals surface area (Å²) < 4.78 is 5.19. The fraction of sp³-hybridized carbons (Fsp3) is 0.0667. The average Bonchev–Trinajstić information content (AvgIpc) is 2.90. The molecule has 0 bridgehead atoms. The van der Waals surface area contributed by atoms with E-state index < -0.39 is 0 Å². The molecule has 0 unspecified atom stereocenters. The van der Waals surface area contributed by atoms with Crippen LogP contribution in [0.1, 0.15) is 5.56 Å². The maximum Gasteiger partial charge on any atom is 0.171 e. The van der Waals surface area contributed by atoms with Crippen LogP contribution >= 0.6 is 23.4 Å². The van der Waals surface area contributed by atoms with Gasteiger partial charge in [-0.3, -0.25) is 0 Å². The van der Waals surface area contributed by atoms with Crippen molar-refractivity contribution in [3.05, 3.63) is 47.0 Å². The number of nitriles is 1. The SMILES string of the molecule is COc1ccc2nc(Sc3ccc(C#N)cc3Cl)[nH]c2c1. The molecular weight excluding hydrogens is 306 g/mol. The Bertz CT molecular complexity index is 854. The van der Waals surface area contributed by atoms with Crippen molar-refractivity contribution in [1.82, 2.24) is 9.97 Å². The molecule has 1 aromatic heterocycles. The normalized spacial score (nSPS) is 10.5. The van der Waals surface area contributed by atoms with Crippen molar-refractivity contribution in [2.75, 3.05) is 7.11 Å². The van der Waals surface area contributed by atoms with Crippen LogP contribution in [0.5, 0.6) is 5.75 Å². The first-order valence-corrected chi connectivity index (χ1v) is 7.30. The molecule has 0 radical (unpaired) electrons. The van der Waals surface area contributed by atoms with Crippen LogP contribution in [0.4, 0.5) is 0 Å². The van der Waals surface area contributed by atoms with Crippen molar-refractivity contribution in [3.8, 4) is 11.8 Å². The van der Waals surface area contributed by atoms with Gasteiger partial charge in [-0.25, -0.2) is 4.98 Å². The van der Waals surface area contributed by atoms with Gasteiger partial charge in [0.1, 0.15) is 5.75 Å². The zero-order valence-electron chi connectivity index (χ0n) is 11.1. The van der Waals surface area contributed by atoms with Crippen LogP contribution in [-0.4, -0.2) is 17.1 Å². The summed E-state index contributed by atoms with van der Waals surface area (Å²) in [4.78, 5) is 8.57. The van der Waals surface area contributed by atoms with Gasteiger partial charge < -0.3 is 9.72 Å². The van der Waals surface area contributed by atoms with Gasteiger partial charge in [0.15, 0.2) is 5.16 Å². The molecule has 0 aliphatic heterocycles. The van der Waals surface area contributed by atoms with E-state index in [1.54, 1.807) is 19.2 Å². The van der Waals surface area contributed by atoms with Crippen molar-refractivity contribution < 1.29 is 4.74 Å². The number of imidazole rings is 1. The third kappa shape index (κ3) is 2.82. The minimum absolute atomic E-state index is 0.539. The number of fused-ring (bicyclic) bond motifs is 1. The number of nitrogens with one attached hydrogen (secondary N) is 1. The molecule has 3 rings (SSSR count). The van der Waals surface area contributed by atoms with Gasteiger partial charge in [-0.05, 0) is 30.3 Å². The summed E-state index contributed by atoms with van der Waals surface area (Å²) in [7, 11) is 1.63. The number of ether oxygens (including phenoxy) is 1. The molecule has 1 N–H and O–H groups in total. The number of hydrogen-bond acceptors (Lipinski definition) is 4. The summed E-state index contributed by atoms with van der Waals surface area (Å²) in [5.41, 5.74) is 2.31.